The lowest BCUT2D eigenvalue weighted by Gasteiger charge is -2.17. The quantitative estimate of drug-likeness (QED) is 0.740. The first kappa shape index (κ1) is 17.3. The van der Waals surface area contributed by atoms with Crippen LogP contribution in [0.4, 0.5) is 5.69 Å². The highest BCUT2D eigenvalue weighted by Crippen LogP contribution is 2.24. The molecule has 0 atom stereocenters. The molecule has 1 heterocycles. The molecule has 1 aliphatic rings. The van der Waals surface area contributed by atoms with Gasteiger partial charge in [-0.25, -0.2) is 0 Å². The smallest absolute Gasteiger partial charge is 0.251 e. The second kappa shape index (κ2) is 7.23. The highest BCUT2D eigenvalue weighted by Gasteiger charge is 2.16. The number of hydrogen-bond donors (Lipinski definition) is 2. The standard InChI is InChI=1S/C23H22N2O2/c1-15-12-18-4-2-3-5-19(18)13-17(15)10-11-24-23(27)20-7-6-16-8-9-22(26)25-21(16)14-20/h2-7,12-14H,8-11H2,1H3,(H,24,27)(H,25,26). The minimum atomic E-state index is -0.115. The van der Waals surface area contributed by atoms with Gasteiger partial charge in [0.15, 0.2) is 0 Å². The number of anilines is 1. The van der Waals surface area contributed by atoms with Crippen molar-refractivity contribution in [2.24, 2.45) is 0 Å². The van der Waals surface area contributed by atoms with Crippen molar-refractivity contribution in [3.8, 4) is 0 Å². The molecule has 2 amide bonds. The van der Waals surface area contributed by atoms with Gasteiger partial charge >= 0.3 is 0 Å². The minimum absolute atomic E-state index is 0.00633. The topological polar surface area (TPSA) is 58.2 Å². The number of carbonyl (C=O) groups is 2. The summed E-state index contributed by atoms with van der Waals surface area (Å²) in [6, 6.07) is 18.2. The summed E-state index contributed by atoms with van der Waals surface area (Å²) in [5, 5.41) is 8.28. The van der Waals surface area contributed by atoms with Crippen LogP contribution in [0.15, 0.2) is 54.6 Å². The molecule has 0 spiro atoms. The van der Waals surface area contributed by atoms with Crippen LogP contribution in [-0.4, -0.2) is 18.4 Å². The van der Waals surface area contributed by atoms with Crippen LogP contribution in [0.1, 0.15) is 33.5 Å². The summed E-state index contributed by atoms with van der Waals surface area (Å²) in [5.41, 5.74) is 4.89. The van der Waals surface area contributed by atoms with E-state index in [1.165, 1.54) is 21.9 Å². The lowest BCUT2D eigenvalue weighted by molar-refractivity contribution is -0.116. The van der Waals surface area contributed by atoms with E-state index in [1.54, 1.807) is 6.07 Å². The van der Waals surface area contributed by atoms with Gasteiger partial charge in [-0.05, 0) is 59.4 Å². The Bertz CT molecular complexity index is 1040. The first-order valence-corrected chi connectivity index (χ1v) is 9.29. The predicted molar refractivity (Wildman–Crippen MR) is 108 cm³/mol. The molecule has 0 unspecified atom stereocenters. The number of hydrogen-bond acceptors (Lipinski definition) is 2. The molecule has 0 radical (unpaired) electrons. The van der Waals surface area contributed by atoms with Gasteiger partial charge in [0.25, 0.3) is 5.91 Å². The Hall–Kier alpha value is -3.14. The van der Waals surface area contributed by atoms with Gasteiger partial charge < -0.3 is 10.6 Å². The Morgan fingerprint density at radius 3 is 2.63 bits per heavy atom. The van der Waals surface area contributed by atoms with Crippen molar-refractivity contribution in [1.29, 1.82) is 0 Å². The maximum atomic E-state index is 12.5. The second-order valence-electron chi connectivity index (χ2n) is 7.05. The van der Waals surface area contributed by atoms with E-state index in [0.29, 0.717) is 18.5 Å². The highest BCUT2D eigenvalue weighted by atomic mass is 16.2. The molecular formula is C23H22N2O2. The Morgan fingerprint density at radius 1 is 1.04 bits per heavy atom. The fraction of sp³-hybridized carbons (Fsp3) is 0.217. The van der Waals surface area contributed by atoms with Crippen LogP contribution in [-0.2, 0) is 17.6 Å². The van der Waals surface area contributed by atoms with Crippen LogP contribution >= 0.6 is 0 Å². The van der Waals surface area contributed by atoms with Crippen molar-refractivity contribution in [1.82, 2.24) is 5.32 Å². The van der Waals surface area contributed by atoms with Gasteiger partial charge in [-0.15, -0.1) is 0 Å². The van der Waals surface area contributed by atoms with Crippen LogP contribution < -0.4 is 10.6 Å². The monoisotopic (exact) mass is 358 g/mol. The molecule has 0 fully saturated rings. The Kier molecular flexibility index (Phi) is 4.63. The zero-order valence-electron chi connectivity index (χ0n) is 15.3. The van der Waals surface area contributed by atoms with Gasteiger partial charge in [-0.3, -0.25) is 9.59 Å². The molecule has 1 aliphatic heterocycles. The Labute approximate surface area is 158 Å². The normalized spacial score (nSPS) is 13.1. The van der Waals surface area contributed by atoms with Crippen molar-refractivity contribution < 1.29 is 9.59 Å². The third-order valence-corrected chi connectivity index (χ3v) is 5.15. The average Bonchev–Trinajstić information content (AvgIpc) is 2.67. The maximum Gasteiger partial charge on any atom is 0.251 e. The number of rotatable bonds is 4. The number of benzene rings is 3. The van der Waals surface area contributed by atoms with Gasteiger partial charge in [-0.1, -0.05) is 42.5 Å². The fourth-order valence-corrected chi connectivity index (χ4v) is 3.60. The summed E-state index contributed by atoms with van der Waals surface area (Å²) in [6.45, 7) is 2.68. The Morgan fingerprint density at radius 2 is 1.81 bits per heavy atom. The van der Waals surface area contributed by atoms with Crippen molar-refractivity contribution in [2.75, 3.05) is 11.9 Å². The third kappa shape index (κ3) is 3.70. The summed E-state index contributed by atoms with van der Waals surface area (Å²) in [7, 11) is 0. The van der Waals surface area contributed by atoms with Crippen molar-refractivity contribution >= 4 is 28.3 Å². The van der Waals surface area contributed by atoms with Crippen molar-refractivity contribution in [3.63, 3.8) is 0 Å². The molecule has 4 heteroatoms. The molecule has 136 valence electrons. The Balaban J connectivity index is 1.42. The van der Waals surface area contributed by atoms with Crippen LogP contribution in [0.25, 0.3) is 10.8 Å². The molecule has 0 aromatic heterocycles. The second-order valence-corrected chi connectivity index (χ2v) is 7.05. The molecular weight excluding hydrogens is 336 g/mol. The number of amides is 2. The first-order valence-electron chi connectivity index (χ1n) is 9.29. The zero-order chi connectivity index (χ0) is 18.8. The SMILES string of the molecule is Cc1cc2ccccc2cc1CCNC(=O)c1ccc2c(c1)NC(=O)CC2. The van der Waals surface area contributed by atoms with E-state index in [9.17, 15) is 9.59 Å². The van der Waals surface area contributed by atoms with Crippen LogP contribution in [0.3, 0.4) is 0 Å². The number of fused-ring (bicyclic) bond motifs is 2. The largest absolute Gasteiger partial charge is 0.352 e. The third-order valence-electron chi connectivity index (χ3n) is 5.15. The molecule has 0 saturated heterocycles. The van der Waals surface area contributed by atoms with Gasteiger partial charge in [0, 0.05) is 24.2 Å². The summed E-state index contributed by atoms with van der Waals surface area (Å²) < 4.78 is 0. The summed E-state index contributed by atoms with van der Waals surface area (Å²) in [5.74, 6) is -0.108. The van der Waals surface area contributed by atoms with Gasteiger partial charge in [0.05, 0.1) is 0 Å². The van der Waals surface area contributed by atoms with Gasteiger partial charge in [0.2, 0.25) is 5.91 Å². The van der Waals surface area contributed by atoms with Gasteiger partial charge in [-0.2, -0.15) is 0 Å². The number of aryl methyl sites for hydroxylation is 2. The lowest BCUT2D eigenvalue weighted by Crippen LogP contribution is -2.26. The van der Waals surface area contributed by atoms with E-state index in [2.05, 4.69) is 41.8 Å². The van der Waals surface area contributed by atoms with Crippen molar-refractivity contribution in [2.45, 2.75) is 26.2 Å². The molecule has 0 aliphatic carbocycles. The van der Waals surface area contributed by atoms with E-state index in [1.807, 2.05) is 24.3 Å². The average molecular weight is 358 g/mol. The molecule has 4 nitrogen and oxygen atoms in total. The first-order chi connectivity index (χ1) is 13.1. The summed E-state index contributed by atoms with van der Waals surface area (Å²) in [4.78, 5) is 24.0. The van der Waals surface area contributed by atoms with E-state index in [0.717, 1.165) is 24.1 Å². The number of carbonyl (C=O) groups excluding carboxylic acids is 2. The van der Waals surface area contributed by atoms with E-state index in [-0.39, 0.29) is 11.8 Å². The minimum Gasteiger partial charge on any atom is -0.352 e. The zero-order valence-corrected chi connectivity index (χ0v) is 15.3. The van der Waals surface area contributed by atoms with Gasteiger partial charge in [0.1, 0.15) is 0 Å². The molecule has 3 aromatic rings. The molecule has 2 N–H and O–H groups in total. The van der Waals surface area contributed by atoms with E-state index < -0.39 is 0 Å². The maximum absolute atomic E-state index is 12.5. The highest BCUT2D eigenvalue weighted by molar-refractivity contribution is 5.99. The molecule has 0 saturated carbocycles. The number of nitrogens with one attached hydrogen (secondary N) is 2. The van der Waals surface area contributed by atoms with Crippen LogP contribution in [0, 0.1) is 6.92 Å². The lowest BCUT2D eigenvalue weighted by atomic mass is 9.99. The molecule has 27 heavy (non-hydrogen) atoms. The van der Waals surface area contributed by atoms with Crippen molar-refractivity contribution in [3.05, 3.63) is 76.9 Å². The van der Waals surface area contributed by atoms with Crippen LogP contribution in [0.5, 0.6) is 0 Å². The fourth-order valence-electron chi connectivity index (χ4n) is 3.60. The van der Waals surface area contributed by atoms with E-state index >= 15 is 0 Å². The summed E-state index contributed by atoms with van der Waals surface area (Å²) in [6.07, 6.45) is 2.01. The van der Waals surface area contributed by atoms with Crippen LogP contribution in [0.2, 0.25) is 0 Å². The van der Waals surface area contributed by atoms with E-state index in [4.69, 9.17) is 0 Å². The predicted octanol–water partition coefficient (Wildman–Crippen LogP) is 4.01. The summed E-state index contributed by atoms with van der Waals surface area (Å²) >= 11 is 0. The molecule has 3 aromatic carbocycles. The molecule has 0 bridgehead atoms. The molecule has 4 rings (SSSR count).